The number of fused-ring (bicyclic) bond motifs is 1. The molecule has 0 aromatic carbocycles. The summed E-state index contributed by atoms with van der Waals surface area (Å²) in [6.45, 7) is 5.97. The standard InChI is InChI=1S/C17H28O4/c1-15-8-5-9-16(2,14(19)21-4)12(15)6-10-17(3,20)13(15)7-11-18/h6,10,12-13,18,20H,5,7-9,11H2,1-4H3/t12-,13-,15+,16+,17+/m1/s1. The second-order valence-electron chi connectivity index (χ2n) is 7.40. The molecule has 0 saturated heterocycles. The first-order valence-electron chi connectivity index (χ1n) is 7.83. The van der Waals surface area contributed by atoms with Crippen molar-refractivity contribution in [3.05, 3.63) is 12.2 Å². The van der Waals surface area contributed by atoms with Crippen LogP contribution in [-0.4, -0.2) is 35.5 Å². The molecule has 1 fully saturated rings. The average Bonchev–Trinajstić information content (AvgIpc) is 2.41. The van der Waals surface area contributed by atoms with Gasteiger partial charge in [0.2, 0.25) is 0 Å². The van der Waals surface area contributed by atoms with E-state index < -0.39 is 11.0 Å². The van der Waals surface area contributed by atoms with Crippen LogP contribution in [0.4, 0.5) is 0 Å². The van der Waals surface area contributed by atoms with Gasteiger partial charge in [-0.15, -0.1) is 0 Å². The monoisotopic (exact) mass is 296 g/mol. The largest absolute Gasteiger partial charge is 0.469 e. The number of ether oxygens (including phenoxy) is 1. The van der Waals surface area contributed by atoms with Crippen molar-refractivity contribution in [1.29, 1.82) is 0 Å². The molecule has 4 heteroatoms. The van der Waals surface area contributed by atoms with Gasteiger partial charge in [0.25, 0.3) is 0 Å². The molecule has 0 aromatic rings. The molecule has 21 heavy (non-hydrogen) atoms. The predicted molar refractivity (Wildman–Crippen MR) is 80.5 cm³/mol. The normalized spacial score (nSPS) is 46.0. The molecule has 0 bridgehead atoms. The maximum absolute atomic E-state index is 12.3. The number of hydrogen-bond donors (Lipinski definition) is 2. The number of aliphatic hydroxyl groups is 2. The van der Waals surface area contributed by atoms with Crippen molar-refractivity contribution in [2.24, 2.45) is 22.7 Å². The molecular formula is C17H28O4. The number of aliphatic hydroxyl groups excluding tert-OH is 1. The third-order valence-corrected chi connectivity index (χ3v) is 6.01. The predicted octanol–water partition coefficient (Wildman–Crippen LogP) is 2.29. The molecule has 1 saturated carbocycles. The number of carbonyl (C=O) groups is 1. The van der Waals surface area contributed by atoms with Gasteiger partial charge in [-0.2, -0.15) is 0 Å². The molecule has 0 amide bonds. The van der Waals surface area contributed by atoms with Crippen LogP contribution in [-0.2, 0) is 9.53 Å². The Morgan fingerprint density at radius 2 is 2.00 bits per heavy atom. The number of methoxy groups -OCH3 is 1. The summed E-state index contributed by atoms with van der Waals surface area (Å²) in [7, 11) is 1.44. The molecule has 120 valence electrons. The summed E-state index contributed by atoms with van der Waals surface area (Å²) < 4.78 is 5.05. The first-order chi connectivity index (χ1) is 9.72. The summed E-state index contributed by atoms with van der Waals surface area (Å²) in [5.41, 5.74) is -1.70. The Balaban J connectivity index is 2.49. The van der Waals surface area contributed by atoms with Gasteiger partial charge in [-0.1, -0.05) is 25.5 Å². The summed E-state index contributed by atoms with van der Waals surface area (Å²) in [5.74, 6) is -0.204. The maximum atomic E-state index is 12.3. The van der Waals surface area contributed by atoms with Crippen molar-refractivity contribution in [1.82, 2.24) is 0 Å². The van der Waals surface area contributed by atoms with Gasteiger partial charge >= 0.3 is 5.97 Å². The average molecular weight is 296 g/mol. The van der Waals surface area contributed by atoms with Gasteiger partial charge in [0, 0.05) is 6.61 Å². The third-order valence-electron chi connectivity index (χ3n) is 6.01. The van der Waals surface area contributed by atoms with Gasteiger partial charge in [-0.3, -0.25) is 4.79 Å². The fourth-order valence-corrected chi connectivity index (χ4v) is 4.99. The highest BCUT2D eigenvalue weighted by molar-refractivity contribution is 5.77. The highest BCUT2D eigenvalue weighted by Crippen LogP contribution is 2.60. The van der Waals surface area contributed by atoms with E-state index in [9.17, 15) is 15.0 Å². The summed E-state index contributed by atoms with van der Waals surface area (Å²) >= 11 is 0. The first-order valence-corrected chi connectivity index (χ1v) is 7.83. The van der Waals surface area contributed by atoms with Crippen molar-refractivity contribution >= 4 is 5.97 Å². The Labute approximate surface area is 127 Å². The van der Waals surface area contributed by atoms with E-state index in [1.807, 2.05) is 19.1 Å². The van der Waals surface area contributed by atoms with Gasteiger partial charge in [0.1, 0.15) is 0 Å². The molecule has 5 atom stereocenters. The van der Waals surface area contributed by atoms with Crippen LogP contribution in [0.5, 0.6) is 0 Å². The minimum absolute atomic E-state index is 0.0305. The lowest BCUT2D eigenvalue weighted by Crippen LogP contribution is -2.57. The van der Waals surface area contributed by atoms with Gasteiger partial charge < -0.3 is 14.9 Å². The van der Waals surface area contributed by atoms with Crippen molar-refractivity contribution in [2.45, 2.75) is 52.1 Å². The number of carbonyl (C=O) groups excluding carboxylic acids is 1. The van der Waals surface area contributed by atoms with Gasteiger partial charge in [0.15, 0.2) is 0 Å². The molecule has 2 aliphatic rings. The Kier molecular flexibility index (Phi) is 4.24. The SMILES string of the molecule is COC(=O)[C@@]1(C)CCC[C@]2(C)[C@@H](CCO)[C@@](C)(O)C=C[C@H]21. The summed E-state index contributed by atoms with van der Waals surface area (Å²) in [6.07, 6.45) is 7.05. The van der Waals surface area contributed by atoms with Crippen molar-refractivity contribution in [3.8, 4) is 0 Å². The molecule has 2 rings (SSSR count). The Morgan fingerprint density at radius 3 is 2.57 bits per heavy atom. The van der Waals surface area contributed by atoms with Crippen LogP contribution in [0.15, 0.2) is 12.2 Å². The molecule has 2 aliphatic carbocycles. The van der Waals surface area contributed by atoms with E-state index in [-0.39, 0.29) is 29.8 Å². The minimum Gasteiger partial charge on any atom is -0.469 e. The van der Waals surface area contributed by atoms with E-state index in [1.54, 1.807) is 6.92 Å². The molecular weight excluding hydrogens is 268 g/mol. The summed E-state index contributed by atoms with van der Waals surface area (Å²) in [5, 5.41) is 20.1. The van der Waals surface area contributed by atoms with Crippen LogP contribution in [0.1, 0.15) is 46.5 Å². The van der Waals surface area contributed by atoms with E-state index in [1.165, 1.54) is 7.11 Å². The van der Waals surface area contributed by atoms with E-state index in [0.29, 0.717) is 6.42 Å². The summed E-state index contributed by atoms with van der Waals surface area (Å²) in [6, 6.07) is 0. The Hall–Kier alpha value is -0.870. The first kappa shape index (κ1) is 16.5. The van der Waals surface area contributed by atoms with E-state index in [4.69, 9.17) is 4.74 Å². The van der Waals surface area contributed by atoms with Crippen molar-refractivity contribution in [2.75, 3.05) is 13.7 Å². The Bertz CT molecular complexity index is 442. The lowest BCUT2D eigenvalue weighted by atomic mass is 9.47. The fraction of sp³-hybridized carbons (Fsp3) is 0.824. The minimum atomic E-state index is -0.942. The number of esters is 1. The molecule has 0 aliphatic heterocycles. The molecule has 0 spiro atoms. The highest BCUT2D eigenvalue weighted by Gasteiger charge is 2.59. The zero-order valence-electron chi connectivity index (χ0n) is 13.6. The Morgan fingerprint density at radius 1 is 1.33 bits per heavy atom. The molecule has 0 radical (unpaired) electrons. The molecule has 2 N–H and O–H groups in total. The van der Waals surface area contributed by atoms with Crippen LogP contribution < -0.4 is 0 Å². The van der Waals surface area contributed by atoms with E-state index >= 15 is 0 Å². The van der Waals surface area contributed by atoms with Crippen molar-refractivity contribution < 1.29 is 19.7 Å². The number of rotatable bonds is 3. The van der Waals surface area contributed by atoms with Crippen LogP contribution in [0.3, 0.4) is 0 Å². The lowest BCUT2D eigenvalue weighted by Gasteiger charge is -2.58. The molecule has 4 nitrogen and oxygen atoms in total. The van der Waals surface area contributed by atoms with Crippen LogP contribution in [0, 0.1) is 22.7 Å². The smallest absolute Gasteiger partial charge is 0.312 e. The van der Waals surface area contributed by atoms with Gasteiger partial charge in [-0.25, -0.2) is 0 Å². The summed E-state index contributed by atoms with van der Waals surface area (Å²) in [4.78, 5) is 12.3. The van der Waals surface area contributed by atoms with Gasteiger partial charge in [0.05, 0.1) is 18.1 Å². The molecule has 0 heterocycles. The number of hydrogen-bond acceptors (Lipinski definition) is 4. The molecule has 0 aromatic heterocycles. The quantitative estimate of drug-likeness (QED) is 0.619. The fourth-order valence-electron chi connectivity index (χ4n) is 4.99. The molecule has 0 unspecified atom stereocenters. The third kappa shape index (κ3) is 2.42. The van der Waals surface area contributed by atoms with Crippen LogP contribution in [0.2, 0.25) is 0 Å². The van der Waals surface area contributed by atoms with Crippen LogP contribution in [0.25, 0.3) is 0 Å². The van der Waals surface area contributed by atoms with E-state index in [0.717, 1.165) is 19.3 Å². The highest BCUT2D eigenvalue weighted by atomic mass is 16.5. The second kappa shape index (κ2) is 5.40. The van der Waals surface area contributed by atoms with E-state index in [2.05, 4.69) is 6.92 Å². The maximum Gasteiger partial charge on any atom is 0.312 e. The van der Waals surface area contributed by atoms with Crippen molar-refractivity contribution in [3.63, 3.8) is 0 Å². The van der Waals surface area contributed by atoms with Gasteiger partial charge in [-0.05, 0) is 50.4 Å². The topological polar surface area (TPSA) is 66.8 Å². The number of allylic oxidation sites excluding steroid dienone is 1. The van der Waals surface area contributed by atoms with Crippen LogP contribution >= 0.6 is 0 Å². The lowest BCUT2D eigenvalue weighted by molar-refractivity contribution is -0.169. The zero-order valence-corrected chi connectivity index (χ0v) is 13.6. The second-order valence-corrected chi connectivity index (χ2v) is 7.40. The zero-order chi connectivity index (χ0) is 15.9.